The van der Waals surface area contributed by atoms with Gasteiger partial charge in [-0.05, 0) is 30.9 Å². The molecule has 1 aliphatic heterocycles. The minimum Gasteiger partial charge on any atom is -0.478 e. The average molecular weight is 390 g/mol. The van der Waals surface area contributed by atoms with E-state index in [2.05, 4.69) is 9.97 Å². The van der Waals surface area contributed by atoms with Crippen molar-refractivity contribution >= 4 is 16.2 Å². The maximum absolute atomic E-state index is 12.2. The molecule has 27 heavy (non-hydrogen) atoms. The number of hydrogen-bond acceptors (Lipinski definition) is 5. The van der Waals surface area contributed by atoms with E-state index in [1.165, 1.54) is 34.8 Å². The first-order chi connectivity index (χ1) is 12.8. The SMILES string of the molecule is CN(C)S(=O)(=O)N1CCC(Cc2cncc(-c3ccc(C(=O)O)cc3)n2)C1. The third-order valence-corrected chi connectivity index (χ3v) is 6.55. The number of carboxylic acid groups (broad SMARTS) is 1. The normalized spacial score (nSPS) is 18.1. The highest BCUT2D eigenvalue weighted by atomic mass is 32.2. The maximum atomic E-state index is 12.2. The lowest BCUT2D eigenvalue weighted by atomic mass is 10.0. The Balaban J connectivity index is 1.71. The summed E-state index contributed by atoms with van der Waals surface area (Å²) in [6.45, 7) is 0.981. The Morgan fingerprint density at radius 3 is 2.59 bits per heavy atom. The van der Waals surface area contributed by atoms with E-state index in [-0.39, 0.29) is 11.5 Å². The molecule has 8 nitrogen and oxygen atoms in total. The van der Waals surface area contributed by atoms with E-state index < -0.39 is 16.2 Å². The molecule has 1 saturated heterocycles. The molecule has 0 amide bonds. The summed E-state index contributed by atoms with van der Waals surface area (Å²) in [4.78, 5) is 19.8. The van der Waals surface area contributed by atoms with E-state index in [1.807, 2.05) is 0 Å². The van der Waals surface area contributed by atoms with Gasteiger partial charge in [-0.2, -0.15) is 17.0 Å². The van der Waals surface area contributed by atoms with Gasteiger partial charge in [-0.25, -0.2) is 9.78 Å². The fourth-order valence-corrected chi connectivity index (χ4v) is 4.32. The molecule has 0 saturated carbocycles. The minimum absolute atomic E-state index is 0.193. The first-order valence-electron chi connectivity index (χ1n) is 8.59. The molecule has 1 N–H and O–H groups in total. The molecule has 9 heteroatoms. The number of aromatic carboxylic acids is 1. The first-order valence-corrected chi connectivity index (χ1v) is 9.99. The molecule has 144 valence electrons. The number of benzene rings is 1. The predicted molar refractivity (Wildman–Crippen MR) is 100 cm³/mol. The van der Waals surface area contributed by atoms with Crippen LogP contribution in [0.2, 0.25) is 0 Å². The maximum Gasteiger partial charge on any atom is 0.335 e. The van der Waals surface area contributed by atoms with E-state index in [4.69, 9.17) is 5.11 Å². The Bertz CT molecular complexity index is 929. The summed E-state index contributed by atoms with van der Waals surface area (Å²) in [6.07, 6.45) is 4.76. The van der Waals surface area contributed by atoms with E-state index in [0.29, 0.717) is 25.2 Å². The molecule has 1 aromatic carbocycles. The lowest BCUT2D eigenvalue weighted by Gasteiger charge is -2.20. The molecule has 1 fully saturated rings. The summed E-state index contributed by atoms with van der Waals surface area (Å²) in [5.74, 6) is -0.779. The lowest BCUT2D eigenvalue weighted by molar-refractivity contribution is 0.0697. The Hall–Kier alpha value is -2.36. The lowest BCUT2D eigenvalue weighted by Crippen LogP contribution is -2.38. The highest BCUT2D eigenvalue weighted by Crippen LogP contribution is 2.24. The van der Waals surface area contributed by atoms with E-state index in [0.717, 1.165) is 17.7 Å². The number of nitrogens with zero attached hydrogens (tertiary/aromatic N) is 4. The monoisotopic (exact) mass is 390 g/mol. The van der Waals surface area contributed by atoms with Crippen molar-refractivity contribution in [1.29, 1.82) is 0 Å². The second kappa shape index (κ2) is 7.71. The van der Waals surface area contributed by atoms with Crippen LogP contribution in [0.3, 0.4) is 0 Å². The number of aromatic nitrogens is 2. The second-order valence-electron chi connectivity index (χ2n) is 6.79. The summed E-state index contributed by atoms with van der Waals surface area (Å²) in [7, 11) is -0.312. The van der Waals surface area contributed by atoms with Crippen LogP contribution >= 0.6 is 0 Å². The number of carbonyl (C=O) groups is 1. The zero-order chi connectivity index (χ0) is 19.6. The van der Waals surface area contributed by atoms with Gasteiger partial charge in [0.2, 0.25) is 0 Å². The Kier molecular flexibility index (Phi) is 5.54. The molecule has 0 bridgehead atoms. The van der Waals surface area contributed by atoms with Gasteiger partial charge >= 0.3 is 5.97 Å². The molecule has 1 unspecified atom stereocenters. The minimum atomic E-state index is -3.38. The Morgan fingerprint density at radius 1 is 1.26 bits per heavy atom. The second-order valence-corrected chi connectivity index (χ2v) is 8.93. The number of hydrogen-bond donors (Lipinski definition) is 1. The fraction of sp³-hybridized carbons (Fsp3) is 0.389. The summed E-state index contributed by atoms with van der Waals surface area (Å²) in [5, 5.41) is 8.98. The summed E-state index contributed by atoms with van der Waals surface area (Å²) >= 11 is 0. The third kappa shape index (κ3) is 4.32. The average Bonchev–Trinajstić information content (AvgIpc) is 3.11. The summed E-state index contributed by atoms with van der Waals surface area (Å²) < 4.78 is 27.2. The molecule has 1 aromatic heterocycles. The smallest absolute Gasteiger partial charge is 0.335 e. The van der Waals surface area contributed by atoms with Crippen molar-refractivity contribution in [3.63, 3.8) is 0 Å². The zero-order valence-electron chi connectivity index (χ0n) is 15.2. The van der Waals surface area contributed by atoms with Crippen molar-refractivity contribution < 1.29 is 18.3 Å². The molecule has 0 spiro atoms. The largest absolute Gasteiger partial charge is 0.478 e. The van der Waals surface area contributed by atoms with Crippen LogP contribution in [0.5, 0.6) is 0 Å². The molecule has 0 aliphatic carbocycles. The van der Waals surface area contributed by atoms with Crippen LogP contribution in [-0.2, 0) is 16.6 Å². The molecule has 2 aromatic rings. The van der Waals surface area contributed by atoms with Crippen LogP contribution < -0.4 is 0 Å². The predicted octanol–water partition coefficient (Wildman–Crippen LogP) is 1.51. The van der Waals surface area contributed by atoms with Gasteiger partial charge in [-0.15, -0.1) is 0 Å². The standard InChI is InChI=1S/C18H22N4O4S/c1-21(2)27(25,26)22-8-7-13(12-22)9-16-10-19-11-17(20-16)14-3-5-15(6-4-14)18(23)24/h3-6,10-11,13H,7-9,12H2,1-2H3,(H,23,24). The summed E-state index contributed by atoms with van der Waals surface area (Å²) in [5.41, 5.74) is 2.47. The Morgan fingerprint density at radius 2 is 1.96 bits per heavy atom. The fourth-order valence-electron chi connectivity index (χ4n) is 3.13. The van der Waals surface area contributed by atoms with Gasteiger partial charge in [0.25, 0.3) is 10.2 Å². The third-order valence-electron chi connectivity index (χ3n) is 4.65. The van der Waals surface area contributed by atoms with Crippen molar-refractivity contribution in [2.75, 3.05) is 27.2 Å². The van der Waals surface area contributed by atoms with E-state index >= 15 is 0 Å². The van der Waals surface area contributed by atoms with Crippen molar-refractivity contribution in [3.8, 4) is 11.3 Å². The summed E-state index contributed by atoms with van der Waals surface area (Å²) in [6, 6.07) is 6.48. The van der Waals surface area contributed by atoms with Crippen LogP contribution in [0.15, 0.2) is 36.7 Å². The van der Waals surface area contributed by atoms with Crippen LogP contribution in [0.4, 0.5) is 0 Å². The first kappa shape index (κ1) is 19.4. The quantitative estimate of drug-likeness (QED) is 0.802. The number of carboxylic acids is 1. The Labute approximate surface area is 158 Å². The van der Waals surface area contributed by atoms with Gasteiger partial charge in [0.15, 0.2) is 0 Å². The molecule has 0 radical (unpaired) electrons. The van der Waals surface area contributed by atoms with Gasteiger partial charge in [0, 0.05) is 38.9 Å². The van der Waals surface area contributed by atoms with Gasteiger partial charge in [0.1, 0.15) is 0 Å². The molecule has 2 heterocycles. The van der Waals surface area contributed by atoms with E-state index in [9.17, 15) is 13.2 Å². The van der Waals surface area contributed by atoms with Crippen molar-refractivity contribution in [2.24, 2.45) is 5.92 Å². The topological polar surface area (TPSA) is 104 Å². The molecular formula is C18H22N4O4S. The van der Waals surface area contributed by atoms with Crippen LogP contribution in [0.25, 0.3) is 11.3 Å². The number of rotatable bonds is 6. The van der Waals surface area contributed by atoms with Crippen molar-refractivity contribution in [3.05, 3.63) is 47.9 Å². The zero-order valence-corrected chi connectivity index (χ0v) is 16.1. The van der Waals surface area contributed by atoms with E-state index in [1.54, 1.807) is 24.5 Å². The van der Waals surface area contributed by atoms with Gasteiger partial charge in [-0.1, -0.05) is 12.1 Å². The highest BCUT2D eigenvalue weighted by molar-refractivity contribution is 7.86. The highest BCUT2D eigenvalue weighted by Gasteiger charge is 2.32. The molecule has 1 aliphatic rings. The molecular weight excluding hydrogens is 368 g/mol. The van der Waals surface area contributed by atoms with Gasteiger partial charge < -0.3 is 5.11 Å². The van der Waals surface area contributed by atoms with Crippen LogP contribution in [0, 0.1) is 5.92 Å². The van der Waals surface area contributed by atoms with Gasteiger partial charge in [0.05, 0.1) is 23.1 Å². The van der Waals surface area contributed by atoms with Gasteiger partial charge in [-0.3, -0.25) is 4.98 Å². The van der Waals surface area contributed by atoms with Crippen LogP contribution in [-0.4, -0.2) is 65.3 Å². The molecule has 1 atom stereocenters. The van der Waals surface area contributed by atoms with Crippen LogP contribution in [0.1, 0.15) is 22.5 Å². The van der Waals surface area contributed by atoms with Crippen molar-refractivity contribution in [2.45, 2.75) is 12.8 Å². The molecule has 3 rings (SSSR count). The van der Waals surface area contributed by atoms with Crippen molar-refractivity contribution in [1.82, 2.24) is 18.6 Å².